The maximum absolute atomic E-state index is 13.8. The van der Waals surface area contributed by atoms with Gasteiger partial charge in [-0.05, 0) is 66.8 Å². The van der Waals surface area contributed by atoms with Crippen molar-refractivity contribution in [2.24, 2.45) is 0 Å². The van der Waals surface area contributed by atoms with E-state index in [9.17, 15) is 9.59 Å². The minimum Gasteiger partial charge on any atom is -0.494 e. The van der Waals surface area contributed by atoms with Crippen molar-refractivity contribution in [1.82, 2.24) is 25.4 Å². The summed E-state index contributed by atoms with van der Waals surface area (Å²) in [6.07, 6.45) is 4.33. The van der Waals surface area contributed by atoms with Gasteiger partial charge in [0.05, 0.1) is 35.1 Å². The Hall–Kier alpha value is -4.37. The summed E-state index contributed by atoms with van der Waals surface area (Å²) in [6.45, 7) is 3.11. The molecule has 0 spiro atoms. The van der Waals surface area contributed by atoms with Gasteiger partial charge in [-0.25, -0.2) is 0 Å². The number of hydrogen-bond donors (Lipinski definition) is 2. The monoisotopic (exact) mass is 543 g/mol. The fourth-order valence-electron chi connectivity index (χ4n) is 5.01. The van der Waals surface area contributed by atoms with Gasteiger partial charge in [-0.2, -0.15) is 5.10 Å². The second-order valence-corrected chi connectivity index (χ2v) is 9.94. The maximum Gasteiger partial charge on any atom is 0.276 e. The number of halogens is 1. The number of fused-ring (bicyclic) bond motifs is 6. The lowest BCUT2D eigenvalue weighted by molar-refractivity contribution is 0.0688. The summed E-state index contributed by atoms with van der Waals surface area (Å²) in [6, 6.07) is 14.9. The van der Waals surface area contributed by atoms with Crippen LogP contribution in [0.5, 0.6) is 17.2 Å². The molecule has 39 heavy (non-hydrogen) atoms. The van der Waals surface area contributed by atoms with Crippen LogP contribution >= 0.6 is 11.6 Å². The van der Waals surface area contributed by atoms with Gasteiger partial charge in [0, 0.05) is 19.3 Å². The summed E-state index contributed by atoms with van der Waals surface area (Å²) in [7, 11) is 0. The fourth-order valence-corrected chi connectivity index (χ4v) is 5.18. The number of pyridine rings is 1. The zero-order valence-electron chi connectivity index (χ0n) is 21.2. The topological polar surface area (TPSA) is 109 Å². The first-order valence-electron chi connectivity index (χ1n) is 12.8. The molecule has 0 saturated heterocycles. The van der Waals surface area contributed by atoms with Crippen LogP contribution in [-0.2, 0) is 6.42 Å². The molecule has 1 atom stereocenters. The van der Waals surface area contributed by atoms with Crippen molar-refractivity contribution in [2.45, 2.75) is 25.8 Å². The summed E-state index contributed by atoms with van der Waals surface area (Å²) in [5, 5.41) is 10.2. The molecular weight excluding hydrogens is 518 g/mol. The Morgan fingerprint density at radius 1 is 1.10 bits per heavy atom. The van der Waals surface area contributed by atoms with E-state index in [2.05, 4.69) is 20.5 Å². The van der Waals surface area contributed by atoms with E-state index in [0.717, 1.165) is 16.7 Å². The van der Waals surface area contributed by atoms with Crippen molar-refractivity contribution < 1.29 is 19.1 Å². The quantitative estimate of drug-likeness (QED) is 0.355. The van der Waals surface area contributed by atoms with Gasteiger partial charge in [-0.1, -0.05) is 29.8 Å². The smallest absolute Gasteiger partial charge is 0.276 e. The molecule has 8 bridgehead atoms. The standard InChI is InChI=1S/C29H26ClN5O4/c1-17-25(30)26(34-33-17)29(37)35-10-8-18-12-22-6-7-24(18)27(35)19-4-2-5-21(13-19)38-11-3-9-32-28(36)20-14-23(39-22)16-31-15-20/h2,4-7,12-16,27H,3,8-11H2,1H3,(H,32,36)(H,33,34). The van der Waals surface area contributed by atoms with Gasteiger partial charge in [0.25, 0.3) is 11.8 Å². The van der Waals surface area contributed by atoms with Crippen LogP contribution in [0.1, 0.15) is 55.7 Å². The van der Waals surface area contributed by atoms with Crippen LogP contribution in [0.3, 0.4) is 0 Å². The molecule has 0 radical (unpaired) electrons. The van der Waals surface area contributed by atoms with Crippen molar-refractivity contribution in [3.05, 3.63) is 99.6 Å². The Bertz CT molecular complexity index is 1570. The minimum absolute atomic E-state index is 0.207. The summed E-state index contributed by atoms with van der Waals surface area (Å²) in [5.41, 5.74) is 4.22. The number of ether oxygens (including phenoxy) is 2. The molecule has 9 nitrogen and oxygen atoms in total. The Labute approximate surface area is 230 Å². The second-order valence-electron chi connectivity index (χ2n) is 9.56. The minimum atomic E-state index is -0.380. The normalized spacial score (nSPS) is 16.9. The highest BCUT2D eigenvalue weighted by Crippen LogP contribution is 2.39. The SMILES string of the molecule is Cc1[nH]nc(C(=O)N2CCc3cc4ccc3C2c2cccc(c2)OCCCNC(=O)c2cncc(c2)O4)c1Cl. The van der Waals surface area contributed by atoms with Gasteiger partial charge < -0.3 is 19.7 Å². The van der Waals surface area contributed by atoms with Crippen LogP contribution in [0, 0.1) is 6.92 Å². The number of aryl methyl sites for hydroxylation is 1. The molecule has 198 valence electrons. The van der Waals surface area contributed by atoms with Crippen LogP contribution in [-0.4, -0.2) is 51.6 Å². The average molecular weight is 544 g/mol. The molecule has 2 aromatic carbocycles. The molecule has 2 N–H and O–H groups in total. The van der Waals surface area contributed by atoms with E-state index in [1.807, 2.05) is 47.4 Å². The highest BCUT2D eigenvalue weighted by Gasteiger charge is 2.35. The van der Waals surface area contributed by atoms with Gasteiger partial charge in [0.2, 0.25) is 0 Å². The molecule has 4 aromatic rings. The van der Waals surface area contributed by atoms with Crippen LogP contribution in [0.25, 0.3) is 0 Å². The predicted octanol–water partition coefficient (Wildman–Crippen LogP) is 4.86. The third-order valence-electron chi connectivity index (χ3n) is 6.94. The molecule has 10 heteroatoms. The zero-order chi connectivity index (χ0) is 26.9. The number of benzene rings is 2. The molecule has 5 heterocycles. The number of hydrogen-bond acceptors (Lipinski definition) is 6. The van der Waals surface area contributed by atoms with Crippen molar-refractivity contribution in [1.29, 1.82) is 0 Å². The van der Waals surface area contributed by atoms with E-state index in [4.69, 9.17) is 21.1 Å². The number of carbonyl (C=O) groups excluding carboxylic acids is 2. The van der Waals surface area contributed by atoms with E-state index in [1.165, 1.54) is 6.20 Å². The van der Waals surface area contributed by atoms with Gasteiger partial charge >= 0.3 is 0 Å². The number of carbonyl (C=O) groups is 2. The summed E-state index contributed by atoms with van der Waals surface area (Å²) < 4.78 is 12.1. The molecule has 1 unspecified atom stereocenters. The molecule has 0 saturated carbocycles. The first-order valence-corrected chi connectivity index (χ1v) is 13.1. The zero-order valence-corrected chi connectivity index (χ0v) is 22.0. The van der Waals surface area contributed by atoms with Gasteiger partial charge in [-0.3, -0.25) is 19.7 Å². The first-order chi connectivity index (χ1) is 19.0. The van der Waals surface area contributed by atoms with E-state index in [0.29, 0.717) is 66.1 Å². The number of aromatic amines is 1. The average Bonchev–Trinajstić information content (AvgIpc) is 3.29. The number of nitrogens with zero attached hydrogens (tertiary/aromatic N) is 3. The van der Waals surface area contributed by atoms with Crippen molar-refractivity contribution >= 4 is 23.4 Å². The molecule has 3 aliphatic heterocycles. The van der Waals surface area contributed by atoms with Crippen molar-refractivity contribution in [3.8, 4) is 17.2 Å². The lowest BCUT2D eigenvalue weighted by Gasteiger charge is -2.37. The Morgan fingerprint density at radius 3 is 2.85 bits per heavy atom. The van der Waals surface area contributed by atoms with E-state index in [1.54, 1.807) is 19.2 Å². The molecule has 3 aliphatic rings. The molecule has 0 fully saturated rings. The van der Waals surface area contributed by atoms with E-state index < -0.39 is 0 Å². The van der Waals surface area contributed by atoms with Gasteiger partial charge in [-0.15, -0.1) is 0 Å². The molecule has 2 amide bonds. The number of H-pyrrole nitrogens is 1. The van der Waals surface area contributed by atoms with Crippen LogP contribution < -0.4 is 14.8 Å². The van der Waals surface area contributed by atoms with Gasteiger partial charge in [0.1, 0.15) is 17.2 Å². The first kappa shape index (κ1) is 24.9. The summed E-state index contributed by atoms with van der Waals surface area (Å²) >= 11 is 6.43. The predicted molar refractivity (Wildman–Crippen MR) is 145 cm³/mol. The highest BCUT2D eigenvalue weighted by atomic mass is 35.5. The van der Waals surface area contributed by atoms with E-state index >= 15 is 0 Å². The summed E-state index contributed by atoms with van der Waals surface area (Å²) in [4.78, 5) is 32.3. The fraction of sp³-hybridized carbons (Fsp3) is 0.241. The molecule has 7 rings (SSSR count). The van der Waals surface area contributed by atoms with Crippen LogP contribution in [0.4, 0.5) is 0 Å². The number of rotatable bonds is 1. The molecule has 2 aromatic heterocycles. The molecule has 0 aliphatic carbocycles. The third kappa shape index (κ3) is 4.93. The number of nitrogens with one attached hydrogen (secondary N) is 2. The third-order valence-corrected chi connectivity index (χ3v) is 7.40. The Balaban J connectivity index is 1.44. The Kier molecular flexibility index (Phi) is 6.66. The van der Waals surface area contributed by atoms with Crippen LogP contribution in [0.2, 0.25) is 5.02 Å². The second kappa shape index (κ2) is 10.4. The Morgan fingerprint density at radius 2 is 2.00 bits per heavy atom. The largest absolute Gasteiger partial charge is 0.494 e. The van der Waals surface area contributed by atoms with Crippen molar-refractivity contribution in [2.75, 3.05) is 19.7 Å². The number of amides is 2. The lowest BCUT2D eigenvalue weighted by atomic mass is 9.87. The van der Waals surface area contributed by atoms with E-state index in [-0.39, 0.29) is 23.6 Å². The van der Waals surface area contributed by atoms with Crippen molar-refractivity contribution in [3.63, 3.8) is 0 Å². The lowest BCUT2D eigenvalue weighted by Crippen LogP contribution is -2.41. The summed E-state index contributed by atoms with van der Waals surface area (Å²) in [5.74, 6) is 1.31. The molecular formula is C29H26ClN5O4. The van der Waals surface area contributed by atoms with Crippen LogP contribution in [0.15, 0.2) is 60.9 Å². The highest BCUT2D eigenvalue weighted by molar-refractivity contribution is 6.34. The van der Waals surface area contributed by atoms with Gasteiger partial charge in [0.15, 0.2) is 5.69 Å². The maximum atomic E-state index is 13.8. The number of aromatic nitrogens is 3.